The third-order valence-corrected chi connectivity index (χ3v) is 5.62. The molecule has 0 aliphatic heterocycles. The van der Waals surface area contributed by atoms with Crippen LogP contribution in [-0.2, 0) is 6.42 Å². The number of anilines is 1. The molecule has 0 atom stereocenters. The van der Waals surface area contributed by atoms with E-state index >= 15 is 0 Å². The highest BCUT2D eigenvalue weighted by Crippen LogP contribution is 2.27. The van der Waals surface area contributed by atoms with Gasteiger partial charge in [0.25, 0.3) is 11.8 Å². The fraction of sp³-hybridized carbons (Fsp3) is 0.261. The molecule has 2 amide bonds. The number of hydrogen-bond acceptors (Lipinski definition) is 6. The van der Waals surface area contributed by atoms with Crippen molar-refractivity contribution in [3.05, 3.63) is 70.2 Å². The number of benzene rings is 2. The van der Waals surface area contributed by atoms with Crippen molar-refractivity contribution < 1.29 is 19.1 Å². The first-order valence-electron chi connectivity index (χ1n) is 9.71. The van der Waals surface area contributed by atoms with Gasteiger partial charge in [0.2, 0.25) is 0 Å². The van der Waals surface area contributed by atoms with Crippen LogP contribution in [-0.4, -0.2) is 49.5 Å². The monoisotopic (exact) mass is 439 g/mol. The largest absolute Gasteiger partial charge is 0.493 e. The topological polar surface area (TPSA) is 80.8 Å². The first kappa shape index (κ1) is 22.3. The molecule has 1 heterocycles. The van der Waals surface area contributed by atoms with Crippen molar-refractivity contribution in [2.24, 2.45) is 0 Å². The highest BCUT2D eigenvalue weighted by Gasteiger charge is 2.17. The van der Waals surface area contributed by atoms with Crippen molar-refractivity contribution in [2.45, 2.75) is 13.3 Å². The minimum Gasteiger partial charge on any atom is -0.493 e. The van der Waals surface area contributed by atoms with E-state index in [0.717, 1.165) is 11.1 Å². The molecule has 1 N–H and O–H groups in total. The quantitative estimate of drug-likeness (QED) is 0.573. The van der Waals surface area contributed by atoms with Crippen molar-refractivity contribution in [1.82, 2.24) is 9.88 Å². The summed E-state index contributed by atoms with van der Waals surface area (Å²) >= 11 is 1.23. The van der Waals surface area contributed by atoms with Gasteiger partial charge >= 0.3 is 0 Å². The molecule has 3 aromatic rings. The number of rotatable bonds is 8. The summed E-state index contributed by atoms with van der Waals surface area (Å²) in [6, 6.07) is 13.0. The predicted octanol–water partition coefficient (Wildman–Crippen LogP) is 4.04. The number of nitrogens with zero attached hydrogens (tertiary/aromatic N) is 2. The lowest BCUT2D eigenvalue weighted by molar-refractivity contribution is 0.0791. The molecule has 2 aromatic carbocycles. The summed E-state index contributed by atoms with van der Waals surface area (Å²) < 4.78 is 10.6. The summed E-state index contributed by atoms with van der Waals surface area (Å²) in [6.07, 6.45) is 0.656. The number of carbonyl (C=O) groups excluding carboxylic acids is 2. The summed E-state index contributed by atoms with van der Waals surface area (Å²) in [5, 5.41) is 4.82. The molecule has 0 saturated carbocycles. The Morgan fingerprint density at radius 1 is 1.10 bits per heavy atom. The van der Waals surface area contributed by atoms with Gasteiger partial charge in [-0.25, -0.2) is 4.98 Å². The van der Waals surface area contributed by atoms with E-state index in [1.807, 2.05) is 43.3 Å². The number of aryl methyl sites for hydroxylation is 1. The maximum atomic E-state index is 12.7. The zero-order valence-electron chi connectivity index (χ0n) is 18.0. The molecular formula is C23H25N3O4S. The van der Waals surface area contributed by atoms with Crippen LogP contribution in [0.2, 0.25) is 0 Å². The number of aromatic nitrogens is 1. The van der Waals surface area contributed by atoms with Crippen LogP contribution >= 0.6 is 11.3 Å². The Labute approximate surface area is 185 Å². The van der Waals surface area contributed by atoms with Crippen LogP contribution in [0.15, 0.2) is 47.8 Å². The van der Waals surface area contributed by atoms with Gasteiger partial charge < -0.3 is 14.4 Å². The summed E-state index contributed by atoms with van der Waals surface area (Å²) in [5.74, 6) is 0.877. The smallest absolute Gasteiger partial charge is 0.273 e. The normalized spacial score (nSPS) is 10.5. The van der Waals surface area contributed by atoms with Crippen LogP contribution in [0.3, 0.4) is 0 Å². The summed E-state index contributed by atoms with van der Waals surface area (Å²) in [4.78, 5) is 31.1. The maximum absolute atomic E-state index is 12.7. The second-order valence-electron chi connectivity index (χ2n) is 6.97. The van der Waals surface area contributed by atoms with E-state index in [1.165, 1.54) is 11.3 Å². The van der Waals surface area contributed by atoms with Crippen molar-refractivity contribution in [3.63, 3.8) is 0 Å². The van der Waals surface area contributed by atoms with E-state index in [2.05, 4.69) is 10.3 Å². The highest BCUT2D eigenvalue weighted by atomic mass is 32.1. The average molecular weight is 440 g/mol. The Balaban J connectivity index is 1.60. The minimum atomic E-state index is -0.242. The lowest BCUT2D eigenvalue weighted by Gasteiger charge is -2.16. The zero-order chi connectivity index (χ0) is 22.4. The molecule has 31 heavy (non-hydrogen) atoms. The van der Waals surface area contributed by atoms with E-state index in [1.54, 1.807) is 37.6 Å². The van der Waals surface area contributed by atoms with Crippen LogP contribution in [0.4, 0.5) is 5.13 Å². The molecule has 3 rings (SSSR count). The lowest BCUT2D eigenvalue weighted by Crippen LogP contribution is -2.29. The fourth-order valence-electron chi connectivity index (χ4n) is 3.05. The van der Waals surface area contributed by atoms with Crippen LogP contribution < -0.4 is 14.8 Å². The fourth-order valence-corrected chi connectivity index (χ4v) is 3.73. The van der Waals surface area contributed by atoms with Gasteiger partial charge in [0.05, 0.1) is 14.2 Å². The number of likely N-dealkylation sites (N-methyl/N-ethyl adjacent to an activating group) is 1. The maximum Gasteiger partial charge on any atom is 0.273 e. The second kappa shape index (κ2) is 10.1. The average Bonchev–Trinajstić information content (AvgIpc) is 3.25. The van der Waals surface area contributed by atoms with Crippen molar-refractivity contribution in [2.75, 3.05) is 33.1 Å². The molecular weight excluding hydrogens is 414 g/mol. The highest BCUT2D eigenvalue weighted by molar-refractivity contribution is 7.14. The predicted molar refractivity (Wildman–Crippen MR) is 121 cm³/mol. The van der Waals surface area contributed by atoms with Gasteiger partial charge in [-0.3, -0.25) is 14.9 Å². The lowest BCUT2D eigenvalue weighted by atomic mass is 10.1. The molecule has 0 bridgehead atoms. The molecule has 0 aliphatic rings. The Kier molecular flexibility index (Phi) is 7.25. The van der Waals surface area contributed by atoms with Gasteiger partial charge in [0, 0.05) is 24.5 Å². The number of carbonyl (C=O) groups is 2. The summed E-state index contributed by atoms with van der Waals surface area (Å²) in [6.45, 7) is 2.38. The first-order chi connectivity index (χ1) is 14.9. The molecule has 8 heteroatoms. The van der Waals surface area contributed by atoms with Crippen LogP contribution in [0, 0.1) is 6.92 Å². The van der Waals surface area contributed by atoms with E-state index in [0.29, 0.717) is 40.9 Å². The number of nitrogens with one attached hydrogen (secondary N) is 1. The molecule has 0 radical (unpaired) electrons. The summed E-state index contributed by atoms with van der Waals surface area (Å²) in [7, 11) is 4.92. The second-order valence-corrected chi connectivity index (χ2v) is 7.83. The number of amides is 2. The first-order valence-corrected chi connectivity index (χ1v) is 10.6. The van der Waals surface area contributed by atoms with Gasteiger partial charge in [-0.05, 0) is 42.7 Å². The Morgan fingerprint density at radius 3 is 2.55 bits per heavy atom. The Morgan fingerprint density at radius 2 is 1.84 bits per heavy atom. The zero-order valence-corrected chi connectivity index (χ0v) is 18.8. The van der Waals surface area contributed by atoms with E-state index < -0.39 is 0 Å². The van der Waals surface area contributed by atoms with Crippen molar-refractivity contribution in [3.8, 4) is 11.5 Å². The van der Waals surface area contributed by atoms with Gasteiger partial charge in [0.1, 0.15) is 5.69 Å². The number of hydrogen-bond donors (Lipinski definition) is 1. The van der Waals surface area contributed by atoms with Crippen LogP contribution in [0.25, 0.3) is 0 Å². The standard InChI is InChI=1S/C23H25N3O4S/c1-15-7-5-6-8-17(15)21(27)25-23-24-18(14-31-23)22(28)26(2)12-11-16-9-10-19(29-3)20(13-16)30-4/h5-10,13-14H,11-12H2,1-4H3,(H,24,25,27). The SMILES string of the molecule is COc1ccc(CCN(C)C(=O)c2csc(NC(=O)c3ccccc3C)n2)cc1OC. The molecule has 0 aliphatic carbocycles. The number of ether oxygens (including phenoxy) is 2. The van der Waals surface area contributed by atoms with Gasteiger partial charge in [-0.15, -0.1) is 11.3 Å². The molecule has 0 fully saturated rings. The van der Waals surface area contributed by atoms with Crippen molar-refractivity contribution >= 4 is 28.3 Å². The van der Waals surface area contributed by atoms with E-state index in [-0.39, 0.29) is 11.8 Å². The summed E-state index contributed by atoms with van der Waals surface area (Å²) in [5.41, 5.74) is 2.79. The minimum absolute atomic E-state index is 0.201. The third-order valence-electron chi connectivity index (χ3n) is 4.86. The Hall–Kier alpha value is -3.39. The molecule has 0 spiro atoms. The molecule has 7 nitrogen and oxygen atoms in total. The molecule has 1 aromatic heterocycles. The molecule has 0 saturated heterocycles. The molecule has 162 valence electrons. The number of methoxy groups -OCH3 is 2. The van der Waals surface area contributed by atoms with Crippen LogP contribution in [0.5, 0.6) is 11.5 Å². The number of thiazole rings is 1. The van der Waals surface area contributed by atoms with Gasteiger partial charge in [-0.2, -0.15) is 0 Å². The van der Waals surface area contributed by atoms with Gasteiger partial charge in [-0.1, -0.05) is 24.3 Å². The Bertz CT molecular complexity index is 1080. The van der Waals surface area contributed by atoms with E-state index in [4.69, 9.17) is 9.47 Å². The van der Waals surface area contributed by atoms with Crippen molar-refractivity contribution in [1.29, 1.82) is 0 Å². The van der Waals surface area contributed by atoms with E-state index in [9.17, 15) is 9.59 Å². The van der Waals surface area contributed by atoms with Gasteiger partial charge in [0.15, 0.2) is 16.6 Å². The molecule has 0 unspecified atom stereocenters. The van der Waals surface area contributed by atoms with Crippen LogP contribution in [0.1, 0.15) is 32.0 Å². The third kappa shape index (κ3) is 5.40.